The van der Waals surface area contributed by atoms with Crippen LogP contribution in [0.15, 0.2) is 5.38 Å². The Kier molecular flexibility index (Phi) is 4.12. The summed E-state index contributed by atoms with van der Waals surface area (Å²) in [6, 6.07) is 0.0853. The third kappa shape index (κ3) is 4.09. The van der Waals surface area contributed by atoms with Gasteiger partial charge < -0.3 is 11.1 Å². The maximum Gasteiger partial charge on any atom is 0.220 e. The van der Waals surface area contributed by atoms with Crippen LogP contribution >= 0.6 is 11.3 Å². The molecule has 1 heterocycles. The van der Waals surface area contributed by atoms with Gasteiger partial charge in [-0.05, 0) is 26.2 Å². The Morgan fingerprint density at radius 1 is 1.71 bits per heavy atom. The summed E-state index contributed by atoms with van der Waals surface area (Å²) in [7, 11) is 0. The molecule has 1 saturated carbocycles. The molecule has 94 valence electrons. The van der Waals surface area contributed by atoms with Gasteiger partial charge in [-0.2, -0.15) is 0 Å². The smallest absolute Gasteiger partial charge is 0.220 e. The second-order valence-corrected chi connectivity index (χ2v) is 5.68. The van der Waals surface area contributed by atoms with Crippen LogP contribution in [0.25, 0.3) is 0 Å². The number of amides is 1. The first-order valence-electron chi connectivity index (χ1n) is 6.11. The number of nitrogens with one attached hydrogen (secondary N) is 1. The van der Waals surface area contributed by atoms with Crippen LogP contribution < -0.4 is 11.1 Å². The van der Waals surface area contributed by atoms with Crippen LogP contribution in [0.1, 0.15) is 49.2 Å². The van der Waals surface area contributed by atoms with Gasteiger partial charge in [-0.1, -0.05) is 0 Å². The van der Waals surface area contributed by atoms with Crippen molar-refractivity contribution in [3.8, 4) is 0 Å². The number of hydrogen-bond acceptors (Lipinski definition) is 4. The molecular formula is C12H19N3OS. The molecule has 2 rings (SSSR count). The van der Waals surface area contributed by atoms with Crippen molar-refractivity contribution in [1.29, 1.82) is 0 Å². The minimum atomic E-state index is 0.0606. The quantitative estimate of drug-likeness (QED) is 0.811. The molecular weight excluding hydrogens is 234 g/mol. The molecule has 1 atom stereocenters. The molecule has 1 aromatic rings. The zero-order valence-corrected chi connectivity index (χ0v) is 10.9. The van der Waals surface area contributed by atoms with E-state index in [-0.39, 0.29) is 11.9 Å². The van der Waals surface area contributed by atoms with Crippen molar-refractivity contribution in [1.82, 2.24) is 10.3 Å². The zero-order valence-electron chi connectivity index (χ0n) is 10.1. The molecule has 0 aliphatic heterocycles. The summed E-state index contributed by atoms with van der Waals surface area (Å²) in [5, 5.41) is 5.99. The topological polar surface area (TPSA) is 68.0 Å². The molecule has 1 aliphatic carbocycles. The van der Waals surface area contributed by atoms with Crippen molar-refractivity contribution in [3.05, 3.63) is 16.1 Å². The van der Waals surface area contributed by atoms with Gasteiger partial charge in [0, 0.05) is 23.8 Å². The number of nitrogens with two attached hydrogens (primary N) is 1. The van der Waals surface area contributed by atoms with E-state index >= 15 is 0 Å². The minimum Gasteiger partial charge on any atom is -0.350 e. The van der Waals surface area contributed by atoms with Gasteiger partial charge in [0.05, 0.1) is 12.2 Å². The normalized spacial score (nSPS) is 16.8. The molecule has 0 spiro atoms. The first-order chi connectivity index (χ1) is 8.15. The maximum absolute atomic E-state index is 11.5. The van der Waals surface area contributed by atoms with Gasteiger partial charge in [0.25, 0.3) is 0 Å². The predicted molar refractivity (Wildman–Crippen MR) is 68.8 cm³/mol. The lowest BCUT2D eigenvalue weighted by molar-refractivity contribution is -0.121. The number of thiazole rings is 1. The molecule has 5 heteroatoms. The molecule has 4 nitrogen and oxygen atoms in total. The number of rotatable bonds is 6. The van der Waals surface area contributed by atoms with Crippen LogP contribution in [-0.4, -0.2) is 16.9 Å². The predicted octanol–water partition coefficient (Wildman–Crippen LogP) is 1.76. The van der Waals surface area contributed by atoms with E-state index in [1.807, 2.05) is 6.92 Å². The van der Waals surface area contributed by atoms with Crippen molar-refractivity contribution in [2.24, 2.45) is 5.73 Å². The monoisotopic (exact) mass is 253 g/mol. The van der Waals surface area contributed by atoms with Crippen molar-refractivity contribution in [3.63, 3.8) is 0 Å². The van der Waals surface area contributed by atoms with E-state index in [0.29, 0.717) is 18.9 Å². The average Bonchev–Trinajstić information content (AvgIpc) is 3.04. The van der Waals surface area contributed by atoms with Gasteiger partial charge in [0.15, 0.2) is 0 Å². The Morgan fingerprint density at radius 3 is 3.12 bits per heavy atom. The van der Waals surface area contributed by atoms with Crippen LogP contribution in [0, 0.1) is 0 Å². The molecule has 0 saturated heterocycles. The number of carbonyl (C=O) groups excluding carboxylic acids is 1. The summed E-state index contributed by atoms with van der Waals surface area (Å²) in [5.41, 5.74) is 6.80. The Balaban J connectivity index is 1.71. The van der Waals surface area contributed by atoms with Crippen LogP contribution in [0.3, 0.4) is 0 Å². The maximum atomic E-state index is 11.5. The van der Waals surface area contributed by atoms with Gasteiger partial charge in [-0.25, -0.2) is 4.98 Å². The molecule has 0 aromatic carbocycles. The van der Waals surface area contributed by atoms with Crippen molar-refractivity contribution < 1.29 is 4.79 Å². The van der Waals surface area contributed by atoms with Gasteiger partial charge in [-0.3, -0.25) is 4.79 Å². The lowest BCUT2D eigenvalue weighted by Gasteiger charge is -2.05. The lowest BCUT2D eigenvalue weighted by atomic mass is 10.2. The Bertz CT molecular complexity index is 385. The summed E-state index contributed by atoms with van der Waals surface area (Å²) in [6.07, 6.45) is 3.77. The molecule has 3 N–H and O–H groups in total. The Hall–Kier alpha value is -0.940. The molecule has 1 unspecified atom stereocenters. The first kappa shape index (κ1) is 12.5. The fraction of sp³-hybridized carbons (Fsp3) is 0.667. The highest BCUT2D eigenvalue weighted by Gasteiger charge is 2.25. The van der Waals surface area contributed by atoms with Gasteiger partial charge in [0.1, 0.15) is 5.01 Å². The van der Waals surface area contributed by atoms with E-state index in [2.05, 4.69) is 15.7 Å². The minimum absolute atomic E-state index is 0.0606. The van der Waals surface area contributed by atoms with E-state index in [9.17, 15) is 4.79 Å². The number of aromatic nitrogens is 1. The highest BCUT2D eigenvalue weighted by atomic mass is 32.1. The van der Waals surface area contributed by atoms with Gasteiger partial charge in [-0.15, -0.1) is 11.3 Å². The van der Waals surface area contributed by atoms with Crippen molar-refractivity contribution in [2.45, 2.75) is 51.1 Å². The van der Waals surface area contributed by atoms with Crippen molar-refractivity contribution in [2.75, 3.05) is 0 Å². The van der Waals surface area contributed by atoms with E-state index in [4.69, 9.17) is 5.73 Å². The van der Waals surface area contributed by atoms with Crippen LogP contribution in [0.5, 0.6) is 0 Å². The van der Waals surface area contributed by atoms with E-state index < -0.39 is 0 Å². The largest absolute Gasteiger partial charge is 0.350 e. The number of carbonyl (C=O) groups is 1. The molecule has 1 fully saturated rings. The lowest BCUT2D eigenvalue weighted by Crippen LogP contribution is -2.25. The second-order valence-electron chi connectivity index (χ2n) is 4.73. The zero-order chi connectivity index (χ0) is 12.3. The van der Waals surface area contributed by atoms with Gasteiger partial charge in [0.2, 0.25) is 5.91 Å². The summed E-state index contributed by atoms with van der Waals surface area (Å²) >= 11 is 1.63. The van der Waals surface area contributed by atoms with E-state index in [1.165, 1.54) is 18.5 Å². The fourth-order valence-electron chi connectivity index (χ4n) is 1.59. The molecule has 1 aliphatic rings. The van der Waals surface area contributed by atoms with Crippen LogP contribution in [0.4, 0.5) is 0 Å². The third-order valence-electron chi connectivity index (χ3n) is 2.83. The standard InChI is InChI=1S/C12H19N3OS/c1-8(13)2-5-11(16)14-6-12-15-10(7-17-12)9-3-4-9/h7-9H,2-6,13H2,1H3,(H,14,16). The summed E-state index contributed by atoms with van der Waals surface area (Å²) < 4.78 is 0. The number of hydrogen-bond donors (Lipinski definition) is 2. The molecule has 0 radical (unpaired) electrons. The van der Waals surface area contributed by atoms with Gasteiger partial charge >= 0.3 is 0 Å². The highest BCUT2D eigenvalue weighted by Crippen LogP contribution is 2.40. The molecule has 0 bridgehead atoms. The Labute approximate surface area is 106 Å². The average molecular weight is 253 g/mol. The molecule has 17 heavy (non-hydrogen) atoms. The van der Waals surface area contributed by atoms with E-state index in [1.54, 1.807) is 11.3 Å². The summed E-state index contributed by atoms with van der Waals surface area (Å²) in [6.45, 7) is 2.46. The molecule has 1 aromatic heterocycles. The number of nitrogens with zero attached hydrogens (tertiary/aromatic N) is 1. The highest BCUT2D eigenvalue weighted by molar-refractivity contribution is 7.09. The fourth-order valence-corrected chi connectivity index (χ4v) is 2.41. The summed E-state index contributed by atoms with van der Waals surface area (Å²) in [4.78, 5) is 16.0. The molecule has 1 amide bonds. The third-order valence-corrected chi connectivity index (χ3v) is 3.70. The second kappa shape index (κ2) is 5.60. The van der Waals surface area contributed by atoms with Crippen LogP contribution in [0.2, 0.25) is 0 Å². The first-order valence-corrected chi connectivity index (χ1v) is 6.99. The summed E-state index contributed by atoms with van der Waals surface area (Å²) in [5.74, 6) is 0.749. The van der Waals surface area contributed by atoms with Crippen molar-refractivity contribution >= 4 is 17.2 Å². The SMILES string of the molecule is CC(N)CCC(=O)NCc1nc(C2CC2)cs1. The van der Waals surface area contributed by atoms with E-state index in [0.717, 1.165) is 11.4 Å². The van der Waals surface area contributed by atoms with Crippen LogP contribution in [-0.2, 0) is 11.3 Å². The Morgan fingerprint density at radius 2 is 2.47 bits per heavy atom.